The zero-order valence-electron chi connectivity index (χ0n) is 13.1. The molecule has 6 nitrogen and oxygen atoms in total. The predicted molar refractivity (Wildman–Crippen MR) is 80.9 cm³/mol. The van der Waals surface area contributed by atoms with E-state index in [0.717, 1.165) is 5.56 Å². The molecule has 1 rings (SSSR count). The molecule has 0 unspecified atom stereocenters. The van der Waals surface area contributed by atoms with Crippen LogP contribution in [0.25, 0.3) is 0 Å². The number of carbonyl (C=O) groups is 1. The summed E-state index contributed by atoms with van der Waals surface area (Å²) in [6, 6.07) is 3.64. The Morgan fingerprint density at radius 1 is 1.19 bits per heavy atom. The van der Waals surface area contributed by atoms with Gasteiger partial charge < -0.3 is 24.8 Å². The Labute approximate surface area is 125 Å². The van der Waals surface area contributed by atoms with Gasteiger partial charge in [0.1, 0.15) is 0 Å². The quantitative estimate of drug-likeness (QED) is 0.734. The van der Waals surface area contributed by atoms with E-state index in [0.29, 0.717) is 43.2 Å². The molecule has 118 valence electrons. The van der Waals surface area contributed by atoms with E-state index >= 15 is 0 Å². The lowest BCUT2D eigenvalue weighted by molar-refractivity contribution is -0.128. The lowest BCUT2D eigenvalue weighted by atomic mass is 10.2. The number of nitrogens with two attached hydrogens (primary N) is 1. The van der Waals surface area contributed by atoms with E-state index in [4.69, 9.17) is 19.9 Å². The number of benzene rings is 1. The second kappa shape index (κ2) is 8.36. The van der Waals surface area contributed by atoms with Crippen molar-refractivity contribution in [3.63, 3.8) is 0 Å². The Hall–Kier alpha value is -1.95. The van der Waals surface area contributed by atoms with Crippen molar-refractivity contribution in [3.8, 4) is 17.2 Å². The van der Waals surface area contributed by atoms with Crippen LogP contribution in [-0.2, 0) is 11.3 Å². The fourth-order valence-electron chi connectivity index (χ4n) is 1.82. The van der Waals surface area contributed by atoms with Crippen molar-refractivity contribution in [1.82, 2.24) is 4.90 Å². The molecule has 1 amide bonds. The van der Waals surface area contributed by atoms with Crippen LogP contribution in [0.1, 0.15) is 18.4 Å². The lowest BCUT2D eigenvalue weighted by Crippen LogP contribution is -2.21. The highest BCUT2D eigenvalue weighted by atomic mass is 16.5. The van der Waals surface area contributed by atoms with Gasteiger partial charge in [0.15, 0.2) is 11.5 Å². The number of hydrogen-bond acceptors (Lipinski definition) is 5. The lowest BCUT2D eigenvalue weighted by Gasteiger charge is -2.16. The third-order valence-corrected chi connectivity index (χ3v) is 3.04. The first-order chi connectivity index (χ1) is 10.0. The fourth-order valence-corrected chi connectivity index (χ4v) is 1.82. The summed E-state index contributed by atoms with van der Waals surface area (Å²) in [5.74, 6) is 1.77. The maximum absolute atomic E-state index is 11.5. The Morgan fingerprint density at radius 3 is 2.19 bits per heavy atom. The minimum absolute atomic E-state index is 0.0796. The average molecular weight is 296 g/mol. The van der Waals surface area contributed by atoms with Gasteiger partial charge in [0.2, 0.25) is 11.7 Å². The Balaban J connectivity index is 2.71. The van der Waals surface area contributed by atoms with Crippen LogP contribution in [0, 0.1) is 0 Å². The second-order valence-electron chi connectivity index (χ2n) is 4.77. The number of methoxy groups -OCH3 is 2. The average Bonchev–Trinajstić information content (AvgIpc) is 2.50. The van der Waals surface area contributed by atoms with Gasteiger partial charge in [-0.1, -0.05) is 0 Å². The van der Waals surface area contributed by atoms with E-state index in [2.05, 4.69) is 0 Å². The maximum atomic E-state index is 11.5. The van der Waals surface area contributed by atoms with Crippen molar-refractivity contribution in [2.75, 3.05) is 34.9 Å². The molecule has 0 bridgehead atoms. The van der Waals surface area contributed by atoms with Crippen LogP contribution >= 0.6 is 0 Å². The Bertz CT molecular complexity index is 450. The molecule has 2 N–H and O–H groups in total. The summed E-state index contributed by atoms with van der Waals surface area (Å²) in [6.45, 7) is 0.804. The van der Waals surface area contributed by atoms with Crippen molar-refractivity contribution in [2.24, 2.45) is 5.73 Å². The van der Waals surface area contributed by atoms with Crippen LogP contribution in [0.3, 0.4) is 0 Å². The van der Waals surface area contributed by atoms with Crippen LogP contribution in [0.2, 0.25) is 0 Å². The second-order valence-corrected chi connectivity index (χ2v) is 4.77. The van der Waals surface area contributed by atoms with Crippen LogP contribution in [0.4, 0.5) is 0 Å². The van der Waals surface area contributed by atoms with E-state index in [1.807, 2.05) is 12.1 Å². The molecule has 0 saturated carbocycles. The minimum atomic E-state index is 0.0796. The summed E-state index contributed by atoms with van der Waals surface area (Å²) in [6.07, 6.45) is 1.07. The number of hydrogen-bond donors (Lipinski definition) is 1. The van der Waals surface area contributed by atoms with Crippen LogP contribution < -0.4 is 19.9 Å². The highest BCUT2D eigenvalue weighted by Crippen LogP contribution is 2.38. The SMILES string of the molecule is COc1cc(CN)cc(OC)c1OCCCC(=O)N(C)C. The summed E-state index contributed by atoms with van der Waals surface area (Å²) < 4.78 is 16.3. The normalized spacial score (nSPS) is 10.1. The summed E-state index contributed by atoms with van der Waals surface area (Å²) in [5, 5.41) is 0. The number of ether oxygens (including phenoxy) is 3. The van der Waals surface area contributed by atoms with E-state index in [-0.39, 0.29) is 5.91 Å². The van der Waals surface area contributed by atoms with Gasteiger partial charge in [-0.05, 0) is 24.1 Å². The van der Waals surface area contributed by atoms with Crippen molar-refractivity contribution in [2.45, 2.75) is 19.4 Å². The van der Waals surface area contributed by atoms with Gasteiger partial charge >= 0.3 is 0 Å². The molecule has 0 heterocycles. The smallest absolute Gasteiger partial charge is 0.222 e. The fraction of sp³-hybridized carbons (Fsp3) is 0.533. The zero-order chi connectivity index (χ0) is 15.8. The highest BCUT2D eigenvalue weighted by Gasteiger charge is 2.14. The van der Waals surface area contributed by atoms with Crippen LogP contribution in [0.5, 0.6) is 17.2 Å². The van der Waals surface area contributed by atoms with E-state index in [1.54, 1.807) is 33.2 Å². The van der Waals surface area contributed by atoms with Crippen molar-refractivity contribution < 1.29 is 19.0 Å². The molecule has 0 spiro atoms. The minimum Gasteiger partial charge on any atom is -0.493 e. The first kappa shape index (κ1) is 17.1. The number of carbonyl (C=O) groups excluding carboxylic acids is 1. The van der Waals surface area contributed by atoms with Gasteiger partial charge in [0.05, 0.1) is 20.8 Å². The topological polar surface area (TPSA) is 74.0 Å². The maximum Gasteiger partial charge on any atom is 0.222 e. The van der Waals surface area contributed by atoms with Gasteiger partial charge in [-0.25, -0.2) is 0 Å². The van der Waals surface area contributed by atoms with Gasteiger partial charge in [-0.2, -0.15) is 0 Å². The van der Waals surface area contributed by atoms with E-state index in [9.17, 15) is 4.79 Å². The molecule has 21 heavy (non-hydrogen) atoms. The molecule has 1 aromatic rings. The van der Waals surface area contributed by atoms with E-state index in [1.165, 1.54) is 0 Å². The van der Waals surface area contributed by atoms with E-state index < -0.39 is 0 Å². The van der Waals surface area contributed by atoms with Crippen molar-refractivity contribution >= 4 is 5.91 Å². The van der Waals surface area contributed by atoms with Gasteiger partial charge in [-0.3, -0.25) is 4.79 Å². The number of amides is 1. The Kier molecular flexibility index (Phi) is 6.81. The summed E-state index contributed by atoms with van der Waals surface area (Å²) >= 11 is 0. The molecule has 0 fully saturated rings. The molecule has 0 saturated heterocycles. The molecule has 0 aromatic heterocycles. The number of rotatable bonds is 8. The Morgan fingerprint density at radius 2 is 1.76 bits per heavy atom. The molecule has 0 atom stereocenters. The summed E-state index contributed by atoms with van der Waals surface area (Å²) in [7, 11) is 6.61. The molecule has 0 aliphatic carbocycles. The van der Waals surface area contributed by atoms with Crippen LogP contribution in [0.15, 0.2) is 12.1 Å². The third kappa shape index (κ3) is 4.82. The molecule has 0 radical (unpaired) electrons. The number of nitrogens with zero attached hydrogens (tertiary/aromatic N) is 1. The monoisotopic (exact) mass is 296 g/mol. The molecule has 6 heteroatoms. The van der Waals surface area contributed by atoms with Crippen molar-refractivity contribution in [3.05, 3.63) is 17.7 Å². The third-order valence-electron chi connectivity index (χ3n) is 3.04. The van der Waals surface area contributed by atoms with Gasteiger partial charge in [0.25, 0.3) is 0 Å². The molecule has 0 aliphatic heterocycles. The largest absolute Gasteiger partial charge is 0.493 e. The van der Waals surface area contributed by atoms with Gasteiger partial charge in [-0.15, -0.1) is 0 Å². The molecular weight excluding hydrogens is 272 g/mol. The van der Waals surface area contributed by atoms with Gasteiger partial charge in [0, 0.05) is 27.1 Å². The van der Waals surface area contributed by atoms with Crippen molar-refractivity contribution in [1.29, 1.82) is 0 Å². The standard InChI is InChI=1S/C15H24N2O4/c1-17(2)14(18)6-5-7-21-15-12(19-3)8-11(10-16)9-13(15)20-4/h8-9H,5-7,10,16H2,1-4H3. The predicted octanol–water partition coefficient (Wildman–Crippen LogP) is 1.41. The molecular formula is C15H24N2O4. The summed E-state index contributed by atoms with van der Waals surface area (Å²) in [5.41, 5.74) is 6.54. The summed E-state index contributed by atoms with van der Waals surface area (Å²) in [4.78, 5) is 13.1. The molecule has 0 aliphatic rings. The van der Waals surface area contributed by atoms with Crippen LogP contribution in [-0.4, -0.2) is 45.7 Å². The highest BCUT2D eigenvalue weighted by molar-refractivity contribution is 5.75. The zero-order valence-corrected chi connectivity index (χ0v) is 13.1. The first-order valence-electron chi connectivity index (χ1n) is 6.81. The molecule has 1 aromatic carbocycles. The first-order valence-corrected chi connectivity index (χ1v) is 6.81.